The van der Waals surface area contributed by atoms with E-state index in [0.29, 0.717) is 0 Å². The molecule has 1 aliphatic heterocycles. The average Bonchev–Trinajstić information content (AvgIpc) is 2.63. The van der Waals surface area contributed by atoms with Gasteiger partial charge in [-0.1, -0.05) is 0 Å². The molecular formula is C6H5I2N2S2-. The van der Waals surface area contributed by atoms with Crippen LogP contribution in [0.3, 0.4) is 0 Å². The van der Waals surface area contributed by atoms with Crippen LogP contribution in [-0.4, -0.2) is 0 Å². The summed E-state index contributed by atoms with van der Waals surface area (Å²) < 4.78 is 3.95. The Hall–Kier alpha value is 1.01. The number of hydrogen-bond acceptors (Lipinski definition) is 2. The molecule has 1 N–H and O–H groups in total. The fraction of sp³-hybridized carbons (Fsp3) is 0. The molecule has 2 rings (SSSR count). The summed E-state index contributed by atoms with van der Waals surface area (Å²) in [5, 5.41) is 4.25. The Kier molecular flexibility index (Phi) is 3.58. The molecule has 2 nitrogen and oxygen atoms in total. The van der Waals surface area contributed by atoms with Crippen LogP contribution in [0.15, 0.2) is 26.6 Å². The maximum absolute atomic E-state index is 4.45. The van der Waals surface area contributed by atoms with E-state index in [0.717, 1.165) is 3.70 Å². The van der Waals surface area contributed by atoms with Crippen LogP contribution in [0, 0.1) is 2.88 Å². The van der Waals surface area contributed by atoms with Crippen molar-refractivity contribution in [2.75, 3.05) is 0 Å². The van der Waals surface area contributed by atoms with E-state index in [1.165, 1.54) is 5.51 Å². The number of hydrogen-bond donors (Lipinski definition) is 1. The van der Waals surface area contributed by atoms with E-state index < -0.39 is 0 Å². The minimum absolute atomic E-state index is 0.00825. The van der Waals surface area contributed by atoms with Gasteiger partial charge in [0.25, 0.3) is 0 Å². The standard InChI is InChI=1S/C6H5I2N2S2/c7-5-4-12-10(9-5)8-6-2-1-3-11-6/h1-4,10H/q-1. The van der Waals surface area contributed by atoms with Gasteiger partial charge in [0.15, 0.2) is 0 Å². The summed E-state index contributed by atoms with van der Waals surface area (Å²) in [5.74, 6) is 0. The summed E-state index contributed by atoms with van der Waals surface area (Å²) in [5.41, 5.74) is 4.45. The van der Waals surface area contributed by atoms with Gasteiger partial charge in [0.2, 0.25) is 0 Å². The van der Waals surface area contributed by atoms with Crippen LogP contribution in [0.2, 0.25) is 0 Å². The Labute approximate surface area is 104 Å². The molecule has 0 saturated carbocycles. The average molecular weight is 423 g/mol. The Morgan fingerprint density at radius 3 is 3.08 bits per heavy atom. The molecular weight excluding hydrogens is 418 g/mol. The Balaban J connectivity index is 1.90. The van der Waals surface area contributed by atoms with E-state index in [9.17, 15) is 0 Å². The molecule has 1 atom stereocenters. The second-order valence-corrected chi connectivity index (χ2v) is 9.03. The van der Waals surface area contributed by atoms with Crippen LogP contribution in [0.4, 0.5) is 0 Å². The van der Waals surface area contributed by atoms with Crippen molar-refractivity contribution < 1.29 is 24.1 Å². The van der Waals surface area contributed by atoms with Crippen LogP contribution < -0.4 is 24.1 Å². The molecule has 1 unspecified atom stereocenters. The van der Waals surface area contributed by atoms with E-state index in [2.05, 4.69) is 50.9 Å². The van der Waals surface area contributed by atoms with Crippen molar-refractivity contribution in [1.82, 2.24) is 0 Å². The van der Waals surface area contributed by atoms with Crippen molar-refractivity contribution in [3.8, 4) is 0 Å². The Bertz CT molecular complexity index is 286. The summed E-state index contributed by atoms with van der Waals surface area (Å²) in [6.45, 7) is 0. The minimum atomic E-state index is 0.00825. The van der Waals surface area contributed by atoms with Crippen LogP contribution >= 0.6 is 45.9 Å². The van der Waals surface area contributed by atoms with Crippen molar-refractivity contribution in [3.05, 3.63) is 34.9 Å². The molecule has 0 bridgehead atoms. The quantitative estimate of drug-likeness (QED) is 0.280. The third-order valence-electron chi connectivity index (χ3n) is 1.11. The van der Waals surface area contributed by atoms with E-state index >= 15 is 0 Å². The Morgan fingerprint density at radius 1 is 1.58 bits per heavy atom. The van der Waals surface area contributed by atoms with E-state index in [-0.39, 0.29) is 21.5 Å². The molecule has 12 heavy (non-hydrogen) atoms. The van der Waals surface area contributed by atoms with Gasteiger partial charge in [-0.3, -0.25) is 0 Å². The Morgan fingerprint density at radius 2 is 2.50 bits per heavy atom. The number of rotatable bonds is 2. The van der Waals surface area contributed by atoms with Gasteiger partial charge in [-0.05, 0) is 0 Å². The molecule has 0 amide bonds. The molecule has 0 radical (unpaired) electrons. The monoisotopic (exact) mass is 423 g/mol. The molecule has 6 heteroatoms. The van der Waals surface area contributed by atoms with Crippen LogP contribution in [0.1, 0.15) is 0 Å². The number of thiophene rings is 1. The fourth-order valence-corrected chi connectivity index (χ4v) is 7.03. The first kappa shape index (κ1) is 9.56. The van der Waals surface area contributed by atoms with Crippen LogP contribution in [0.25, 0.3) is 5.43 Å². The van der Waals surface area contributed by atoms with Crippen molar-refractivity contribution in [3.63, 3.8) is 0 Å². The summed E-state index contributed by atoms with van der Waals surface area (Å²) >= 11 is 5.90. The molecule has 1 aliphatic rings. The predicted octanol–water partition coefficient (Wildman–Crippen LogP) is -1.01. The summed E-state index contributed by atoms with van der Waals surface area (Å²) in [7, 11) is 0. The summed E-state index contributed by atoms with van der Waals surface area (Å²) in [6.07, 6.45) is 0. The molecule has 0 spiro atoms. The van der Waals surface area contributed by atoms with E-state index in [4.69, 9.17) is 0 Å². The molecule has 0 aromatic carbocycles. The normalized spacial score (nSPS) is 22.4. The SMILES string of the molecule is IC1=CS[NH+]([I-]c2cccs2)[N-]1. The molecule has 2 heterocycles. The zero-order valence-corrected chi connectivity index (χ0v) is 11.8. The number of nitrogens with zero attached hydrogens (tertiary/aromatic N) is 1. The van der Waals surface area contributed by atoms with Crippen molar-refractivity contribution in [1.29, 1.82) is 0 Å². The van der Waals surface area contributed by atoms with Gasteiger partial charge in [0, 0.05) is 0 Å². The number of quaternary nitrogens is 1. The van der Waals surface area contributed by atoms with Gasteiger partial charge >= 0.3 is 105 Å². The van der Waals surface area contributed by atoms with Gasteiger partial charge in [0.1, 0.15) is 0 Å². The van der Waals surface area contributed by atoms with Crippen molar-refractivity contribution in [2.24, 2.45) is 0 Å². The molecule has 1 aromatic heterocycles. The van der Waals surface area contributed by atoms with Gasteiger partial charge in [0.05, 0.1) is 0 Å². The maximum atomic E-state index is 4.45. The second kappa shape index (κ2) is 4.49. The molecule has 0 aliphatic carbocycles. The number of nitrogens with one attached hydrogen (secondary N) is 1. The molecule has 0 saturated heterocycles. The van der Waals surface area contributed by atoms with Crippen molar-refractivity contribution >= 4 is 45.9 Å². The van der Waals surface area contributed by atoms with Crippen LogP contribution in [-0.2, 0) is 0 Å². The topological polar surface area (TPSA) is 18.5 Å². The predicted molar refractivity (Wildman–Crippen MR) is 57.0 cm³/mol. The van der Waals surface area contributed by atoms with Gasteiger partial charge in [-0.25, -0.2) is 0 Å². The van der Waals surface area contributed by atoms with Gasteiger partial charge < -0.3 is 0 Å². The first-order valence-corrected chi connectivity index (χ1v) is 8.13. The first-order chi connectivity index (χ1) is 5.84. The molecule has 1 aromatic rings. The molecule has 66 valence electrons. The molecule has 0 fully saturated rings. The second-order valence-electron chi connectivity index (χ2n) is 1.93. The zero-order chi connectivity index (χ0) is 8.39. The van der Waals surface area contributed by atoms with Gasteiger partial charge in [-0.2, -0.15) is 0 Å². The third kappa shape index (κ3) is 2.50. The fourth-order valence-electron chi connectivity index (χ4n) is 0.669. The zero-order valence-electron chi connectivity index (χ0n) is 5.83. The summed E-state index contributed by atoms with van der Waals surface area (Å²) in [4.78, 5) is 0. The van der Waals surface area contributed by atoms with E-state index in [1.54, 1.807) is 11.9 Å². The third-order valence-corrected chi connectivity index (χ3v) is 7.52. The van der Waals surface area contributed by atoms with Crippen LogP contribution in [0.5, 0.6) is 0 Å². The van der Waals surface area contributed by atoms with Crippen molar-refractivity contribution in [2.45, 2.75) is 0 Å². The van der Waals surface area contributed by atoms with E-state index in [1.807, 2.05) is 11.3 Å². The number of halogens is 2. The summed E-state index contributed by atoms with van der Waals surface area (Å²) in [6, 6.07) is 4.31. The first-order valence-electron chi connectivity index (χ1n) is 3.14. The van der Waals surface area contributed by atoms with Gasteiger partial charge in [-0.15, -0.1) is 0 Å².